The Balaban J connectivity index is 2.11. The Morgan fingerprint density at radius 2 is 2.29 bits per heavy atom. The molecule has 0 aromatic carbocycles. The van der Waals surface area contributed by atoms with Crippen molar-refractivity contribution in [1.29, 1.82) is 0 Å². The Hall–Kier alpha value is -2.09. The molecular formula is C9H15N5O3. The zero-order valence-corrected chi connectivity index (χ0v) is 9.26. The van der Waals surface area contributed by atoms with Gasteiger partial charge < -0.3 is 21.5 Å². The summed E-state index contributed by atoms with van der Waals surface area (Å²) >= 11 is 0. The minimum absolute atomic E-state index is 0.0903. The lowest BCUT2D eigenvalue weighted by molar-refractivity contribution is -0.122. The highest BCUT2D eigenvalue weighted by Gasteiger charge is 2.03. The van der Waals surface area contributed by atoms with E-state index in [1.54, 1.807) is 12.3 Å². The maximum atomic E-state index is 11.4. The molecule has 0 saturated heterocycles. The highest BCUT2D eigenvalue weighted by Crippen LogP contribution is 1.94. The molecule has 0 radical (unpaired) electrons. The lowest BCUT2D eigenvalue weighted by atomic mass is 10.5. The van der Waals surface area contributed by atoms with E-state index < -0.39 is 5.91 Å². The van der Waals surface area contributed by atoms with Crippen LogP contribution in [0, 0.1) is 0 Å². The minimum atomic E-state index is -0.539. The van der Waals surface area contributed by atoms with Crippen LogP contribution in [0.1, 0.15) is 0 Å². The summed E-state index contributed by atoms with van der Waals surface area (Å²) in [5.41, 5.74) is 10.3. The topological polar surface area (TPSA) is 125 Å². The van der Waals surface area contributed by atoms with E-state index in [0.29, 0.717) is 12.4 Å². The van der Waals surface area contributed by atoms with Crippen LogP contribution in [0.5, 0.6) is 0 Å². The molecule has 5 N–H and O–H groups in total. The van der Waals surface area contributed by atoms with Gasteiger partial charge in [0.05, 0.1) is 6.61 Å². The molecule has 0 atom stereocenters. The number of hydrogen-bond donors (Lipinski definition) is 3. The molecule has 1 heterocycles. The first kappa shape index (κ1) is 13.0. The molecule has 0 aliphatic rings. The molecule has 8 heteroatoms. The van der Waals surface area contributed by atoms with Gasteiger partial charge in [0.2, 0.25) is 11.8 Å². The molecule has 0 aliphatic heterocycles. The second-order valence-electron chi connectivity index (χ2n) is 3.31. The molecule has 0 saturated carbocycles. The monoisotopic (exact) mass is 241 g/mol. The van der Waals surface area contributed by atoms with Crippen LogP contribution in [-0.2, 0) is 20.9 Å². The largest absolute Gasteiger partial charge is 0.382 e. The molecule has 0 bridgehead atoms. The lowest BCUT2D eigenvalue weighted by Gasteiger charge is -2.05. The SMILES string of the molecule is NC(=O)COCCNC(=O)Cn1ccc(N)n1. The fourth-order valence-corrected chi connectivity index (χ4v) is 1.10. The van der Waals surface area contributed by atoms with Crippen LogP contribution in [0.15, 0.2) is 12.3 Å². The molecule has 8 nitrogen and oxygen atoms in total. The Labute approximate surface area is 97.9 Å². The van der Waals surface area contributed by atoms with Gasteiger partial charge in [-0.2, -0.15) is 5.10 Å². The number of rotatable bonds is 7. The zero-order chi connectivity index (χ0) is 12.7. The first-order valence-corrected chi connectivity index (χ1v) is 4.99. The van der Waals surface area contributed by atoms with Crippen molar-refractivity contribution in [2.75, 3.05) is 25.5 Å². The average Bonchev–Trinajstić information content (AvgIpc) is 2.63. The number of hydrogen-bond acceptors (Lipinski definition) is 5. The number of nitrogens with two attached hydrogens (primary N) is 2. The van der Waals surface area contributed by atoms with Gasteiger partial charge >= 0.3 is 0 Å². The zero-order valence-electron chi connectivity index (χ0n) is 9.26. The van der Waals surface area contributed by atoms with Gasteiger partial charge in [0.1, 0.15) is 19.0 Å². The van der Waals surface area contributed by atoms with E-state index in [-0.39, 0.29) is 25.7 Å². The van der Waals surface area contributed by atoms with E-state index >= 15 is 0 Å². The van der Waals surface area contributed by atoms with Crippen LogP contribution in [0.4, 0.5) is 5.82 Å². The van der Waals surface area contributed by atoms with Crippen molar-refractivity contribution in [2.45, 2.75) is 6.54 Å². The van der Waals surface area contributed by atoms with Crippen LogP contribution in [0.2, 0.25) is 0 Å². The maximum absolute atomic E-state index is 11.4. The van der Waals surface area contributed by atoms with E-state index in [1.165, 1.54) is 4.68 Å². The first-order valence-electron chi connectivity index (χ1n) is 4.99. The van der Waals surface area contributed by atoms with Gasteiger partial charge in [-0.3, -0.25) is 14.3 Å². The normalized spacial score (nSPS) is 10.1. The fourth-order valence-electron chi connectivity index (χ4n) is 1.10. The van der Waals surface area contributed by atoms with Crippen molar-refractivity contribution in [3.05, 3.63) is 12.3 Å². The highest BCUT2D eigenvalue weighted by molar-refractivity contribution is 5.75. The number of nitrogens with one attached hydrogen (secondary N) is 1. The van der Waals surface area contributed by atoms with Crippen LogP contribution < -0.4 is 16.8 Å². The number of aromatic nitrogens is 2. The number of carbonyl (C=O) groups is 2. The standard InChI is InChI=1S/C9H15N5O3/c10-7-1-3-14(13-7)5-9(16)12-2-4-17-6-8(11)15/h1,3H,2,4-6H2,(H2,10,13)(H2,11,15)(H,12,16). The van der Waals surface area contributed by atoms with E-state index in [4.69, 9.17) is 16.2 Å². The molecule has 1 rings (SSSR count). The fraction of sp³-hybridized carbons (Fsp3) is 0.444. The summed E-state index contributed by atoms with van der Waals surface area (Å²) in [4.78, 5) is 21.7. The molecule has 0 aliphatic carbocycles. The van der Waals surface area contributed by atoms with Crippen molar-refractivity contribution in [2.24, 2.45) is 5.73 Å². The van der Waals surface area contributed by atoms with Crippen molar-refractivity contribution in [3.63, 3.8) is 0 Å². The molecule has 1 aromatic heterocycles. The van der Waals surface area contributed by atoms with Gasteiger partial charge in [-0.25, -0.2) is 0 Å². The van der Waals surface area contributed by atoms with Gasteiger partial charge in [-0.05, 0) is 6.07 Å². The van der Waals surface area contributed by atoms with Crippen LogP contribution in [0.3, 0.4) is 0 Å². The number of ether oxygens (including phenoxy) is 1. The molecule has 17 heavy (non-hydrogen) atoms. The Bertz CT molecular complexity index is 390. The summed E-state index contributed by atoms with van der Waals surface area (Å²) < 4.78 is 6.29. The van der Waals surface area contributed by atoms with Crippen LogP contribution in [0.25, 0.3) is 0 Å². The summed E-state index contributed by atoms with van der Waals surface area (Å²) in [6.45, 7) is 0.484. The Kier molecular flexibility index (Phi) is 4.95. The van der Waals surface area contributed by atoms with Crippen molar-refractivity contribution >= 4 is 17.6 Å². The van der Waals surface area contributed by atoms with E-state index in [0.717, 1.165) is 0 Å². The number of carbonyl (C=O) groups excluding carboxylic acids is 2. The minimum Gasteiger partial charge on any atom is -0.382 e. The quantitative estimate of drug-likeness (QED) is 0.480. The summed E-state index contributed by atoms with van der Waals surface area (Å²) in [5, 5.41) is 6.46. The summed E-state index contributed by atoms with van der Waals surface area (Å²) in [5.74, 6) is -0.387. The van der Waals surface area contributed by atoms with Gasteiger partial charge in [-0.1, -0.05) is 0 Å². The molecule has 1 aromatic rings. The molecular weight excluding hydrogens is 226 g/mol. The maximum Gasteiger partial charge on any atom is 0.243 e. The van der Waals surface area contributed by atoms with Gasteiger partial charge in [0.15, 0.2) is 0 Å². The third kappa shape index (κ3) is 5.52. The van der Waals surface area contributed by atoms with Crippen LogP contribution in [-0.4, -0.2) is 41.4 Å². The molecule has 2 amide bonds. The predicted molar refractivity (Wildman–Crippen MR) is 59.7 cm³/mol. The van der Waals surface area contributed by atoms with E-state index in [9.17, 15) is 9.59 Å². The van der Waals surface area contributed by atoms with Gasteiger partial charge in [0, 0.05) is 12.7 Å². The highest BCUT2D eigenvalue weighted by atomic mass is 16.5. The predicted octanol–water partition coefficient (Wildman–Crippen LogP) is -1.92. The molecule has 0 fully saturated rings. The number of nitrogens with zero attached hydrogens (tertiary/aromatic N) is 2. The number of primary amides is 1. The average molecular weight is 241 g/mol. The van der Waals surface area contributed by atoms with Gasteiger partial charge in [-0.15, -0.1) is 0 Å². The molecule has 94 valence electrons. The summed E-state index contributed by atoms with van der Waals surface area (Å²) in [6.07, 6.45) is 1.61. The third-order valence-corrected chi connectivity index (χ3v) is 1.78. The second kappa shape index (κ2) is 6.48. The first-order chi connectivity index (χ1) is 8.08. The number of nitrogen functional groups attached to an aromatic ring is 1. The Morgan fingerprint density at radius 1 is 1.53 bits per heavy atom. The molecule has 0 unspecified atom stereocenters. The lowest BCUT2D eigenvalue weighted by Crippen LogP contribution is -2.31. The number of amides is 2. The second-order valence-corrected chi connectivity index (χ2v) is 3.31. The van der Waals surface area contributed by atoms with Crippen molar-refractivity contribution in [3.8, 4) is 0 Å². The van der Waals surface area contributed by atoms with E-state index in [1.807, 2.05) is 0 Å². The van der Waals surface area contributed by atoms with E-state index in [2.05, 4.69) is 10.4 Å². The number of anilines is 1. The smallest absolute Gasteiger partial charge is 0.243 e. The summed E-state index contributed by atoms with van der Waals surface area (Å²) in [7, 11) is 0. The molecule has 0 spiro atoms. The van der Waals surface area contributed by atoms with Gasteiger partial charge in [0.25, 0.3) is 0 Å². The Morgan fingerprint density at radius 3 is 2.88 bits per heavy atom. The van der Waals surface area contributed by atoms with Crippen molar-refractivity contribution < 1.29 is 14.3 Å². The third-order valence-electron chi connectivity index (χ3n) is 1.78. The van der Waals surface area contributed by atoms with Crippen molar-refractivity contribution in [1.82, 2.24) is 15.1 Å². The van der Waals surface area contributed by atoms with Crippen LogP contribution >= 0.6 is 0 Å². The summed E-state index contributed by atoms with van der Waals surface area (Å²) in [6, 6.07) is 1.60.